The number of hydrogen-bond acceptors (Lipinski definition) is 5. The molecule has 0 spiro atoms. The van der Waals surface area contributed by atoms with Gasteiger partial charge in [0, 0.05) is 26.7 Å². The number of aromatic nitrogens is 4. The van der Waals surface area contributed by atoms with Crippen LogP contribution in [-0.4, -0.2) is 36.9 Å². The van der Waals surface area contributed by atoms with Crippen LogP contribution in [0.4, 0.5) is 5.95 Å². The van der Waals surface area contributed by atoms with E-state index in [9.17, 15) is 9.59 Å². The van der Waals surface area contributed by atoms with Crippen molar-refractivity contribution in [3.8, 4) is 0 Å². The monoisotopic (exact) mass is 295 g/mol. The average molecular weight is 295 g/mol. The second kappa shape index (κ2) is 6.13. The molecule has 116 valence electrons. The minimum atomic E-state index is -0.336. The molecule has 2 aromatic heterocycles. The number of fused-ring (bicyclic) bond motifs is 1. The summed E-state index contributed by atoms with van der Waals surface area (Å²) in [5.74, 6) is 0.467. The Kier molecular flexibility index (Phi) is 4.46. The maximum absolute atomic E-state index is 12.5. The van der Waals surface area contributed by atoms with Crippen molar-refractivity contribution in [1.82, 2.24) is 18.7 Å². The highest BCUT2D eigenvalue weighted by atomic mass is 16.3. The van der Waals surface area contributed by atoms with Crippen molar-refractivity contribution in [3.05, 3.63) is 20.8 Å². The molecule has 0 amide bonds. The van der Waals surface area contributed by atoms with Crippen LogP contribution in [0.1, 0.15) is 20.3 Å². The van der Waals surface area contributed by atoms with E-state index in [2.05, 4.69) is 10.3 Å². The smallest absolute Gasteiger partial charge is 0.332 e. The zero-order valence-corrected chi connectivity index (χ0v) is 12.6. The Balaban J connectivity index is 2.81. The topological polar surface area (TPSA) is 94.1 Å². The summed E-state index contributed by atoms with van der Waals surface area (Å²) < 4.78 is 4.38. The van der Waals surface area contributed by atoms with Crippen LogP contribution < -0.4 is 16.6 Å². The first kappa shape index (κ1) is 15.3. The molecule has 0 saturated heterocycles. The van der Waals surface area contributed by atoms with Gasteiger partial charge in [0.15, 0.2) is 11.2 Å². The van der Waals surface area contributed by atoms with Crippen LogP contribution in [0.25, 0.3) is 11.2 Å². The molecule has 2 heterocycles. The van der Waals surface area contributed by atoms with Crippen LogP contribution in [0.5, 0.6) is 0 Å². The second-order valence-electron chi connectivity index (χ2n) is 4.80. The van der Waals surface area contributed by atoms with Crippen LogP contribution in [0.15, 0.2) is 9.59 Å². The van der Waals surface area contributed by atoms with Gasteiger partial charge in [-0.05, 0) is 13.3 Å². The van der Waals surface area contributed by atoms with Crippen LogP contribution in [0, 0.1) is 0 Å². The number of imidazole rings is 1. The molecule has 2 N–H and O–H groups in total. The summed E-state index contributed by atoms with van der Waals surface area (Å²) in [5, 5.41) is 11.8. The molecule has 0 aromatic carbocycles. The Morgan fingerprint density at radius 3 is 2.52 bits per heavy atom. The van der Waals surface area contributed by atoms with E-state index in [1.165, 1.54) is 9.13 Å². The van der Waals surface area contributed by atoms with Crippen LogP contribution in [0.3, 0.4) is 0 Å². The maximum atomic E-state index is 12.5. The third-order valence-corrected chi connectivity index (χ3v) is 3.40. The van der Waals surface area contributed by atoms with Gasteiger partial charge in [-0.1, -0.05) is 6.92 Å². The molecule has 0 aliphatic heterocycles. The summed E-state index contributed by atoms with van der Waals surface area (Å²) in [4.78, 5) is 29.2. The zero-order chi connectivity index (χ0) is 15.6. The molecule has 0 fully saturated rings. The van der Waals surface area contributed by atoms with Gasteiger partial charge in [0.05, 0.1) is 6.61 Å². The highest BCUT2D eigenvalue weighted by Gasteiger charge is 2.18. The van der Waals surface area contributed by atoms with Crippen molar-refractivity contribution in [2.75, 3.05) is 18.5 Å². The van der Waals surface area contributed by atoms with Crippen molar-refractivity contribution in [2.45, 2.75) is 33.4 Å². The summed E-state index contributed by atoms with van der Waals surface area (Å²) in [7, 11) is 1.72. The SMILES string of the molecule is CCCn1c(=O)n(CC)c(=O)c2c1nc(NCCO)n2C. The Hall–Kier alpha value is -2.09. The van der Waals surface area contributed by atoms with Crippen LogP contribution in [-0.2, 0) is 20.1 Å². The highest BCUT2D eigenvalue weighted by Crippen LogP contribution is 2.14. The summed E-state index contributed by atoms with van der Waals surface area (Å²) in [5.41, 5.74) is 0.116. The molecule has 8 nitrogen and oxygen atoms in total. The van der Waals surface area contributed by atoms with Crippen molar-refractivity contribution >= 4 is 17.1 Å². The first-order valence-corrected chi connectivity index (χ1v) is 7.11. The summed E-state index contributed by atoms with van der Waals surface area (Å²) in [6.07, 6.45) is 0.771. The first-order chi connectivity index (χ1) is 10.1. The molecule has 21 heavy (non-hydrogen) atoms. The normalized spacial score (nSPS) is 11.2. The fourth-order valence-electron chi connectivity index (χ4n) is 2.39. The van der Waals surface area contributed by atoms with E-state index in [0.29, 0.717) is 36.7 Å². The van der Waals surface area contributed by atoms with Crippen LogP contribution >= 0.6 is 0 Å². The van der Waals surface area contributed by atoms with Crippen molar-refractivity contribution in [3.63, 3.8) is 0 Å². The van der Waals surface area contributed by atoms with Crippen molar-refractivity contribution in [2.24, 2.45) is 7.05 Å². The van der Waals surface area contributed by atoms with Gasteiger partial charge in [0.2, 0.25) is 5.95 Å². The van der Waals surface area contributed by atoms with E-state index in [0.717, 1.165) is 6.42 Å². The molecule has 2 aromatic rings. The Bertz CT molecular complexity index is 756. The summed E-state index contributed by atoms with van der Waals surface area (Å²) in [6, 6.07) is 0. The van der Waals surface area contributed by atoms with Crippen molar-refractivity contribution in [1.29, 1.82) is 0 Å². The van der Waals surface area contributed by atoms with Gasteiger partial charge in [-0.15, -0.1) is 0 Å². The van der Waals surface area contributed by atoms with E-state index in [1.807, 2.05) is 6.92 Å². The molecule has 0 bridgehead atoms. The molecular weight excluding hydrogens is 274 g/mol. The molecule has 8 heteroatoms. The number of rotatable bonds is 6. The van der Waals surface area contributed by atoms with Gasteiger partial charge < -0.3 is 15.0 Å². The Morgan fingerprint density at radius 1 is 1.24 bits per heavy atom. The molecule has 2 rings (SSSR count). The van der Waals surface area contributed by atoms with Gasteiger partial charge in [0.1, 0.15) is 0 Å². The highest BCUT2D eigenvalue weighted by molar-refractivity contribution is 5.74. The summed E-state index contributed by atoms with van der Waals surface area (Å²) >= 11 is 0. The third-order valence-electron chi connectivity index (χ3n) is 3.40. The predicted molar refractivity (Wildman–Crippen MR) is 80.8 cm³/mol. The lowest BCUT2D eigenvalue weighted by Gasteiger charge is -2.09. The lowest BCUT2D eigenvalue weighted by molar-refractivity contribution is 0.310. The number of aliphatic hydroxyl groups is 1. The maximum Gasteiger partial charge on any atom is 0.332 e. The molecular formula is C13H21N5O3. The van der Waals surface area contributed by atoms with E-state index in [4.69, 9.17) is 5.11 Å². The second-order valence-corrected chi connectivity index (χ2v) is 4.80. The van der Waals surface area contributed by atoms with Gasteiger partial charge >= 0.3 is 5.69 Å². The van der Waals surface area contributed by atoms with Crippen molar-refractivity contribution < 1.29 is 5.11 Å². The summed E-state index contributed by atoms with van der Waals surface area (Å²) in [6.45, 7) is 4.86. The molecule has 0 atom stereocenters. The van der Waals surface area contributed by atoms with E-state index in [1.54, 1.807) is 18.5 Å². The molecule has 0 aliphatic carbocycles. The number of aliphatic hydroxyl groups excluding tert-OH is 1. The van der Waals surface area contributed by atoms with Crippen LogP contribution in [0.2, 0.25) is 0 Å². The van der Waals surface area contributed by atoms with E-state index < -0.39 is 0 Å². The first-order valence-electron chi connectivity index (χ1n) is 7.11. The number of anilines is 1. The van der Waals surface area contributed by atoms with E-state index >= 15 is 0 Å². The van der Waals surface area contributed by atoms with E-state index in [-0.39, 0.29) is 17.9 Å². The number of nitrogens with one attached hydrogen (secondary N) is 1. The Morgan fingerprint density at radius 2 is 1.95 bits per heavy atom. The van der Waals surface area contributed by atoms with Gasteiger partial charge in [0.25, 0.3) is 5.56 Å². The lowest BCUT2D eigenvalue weighted by atomic mass is 10.4. The Labute approximate surface area is 121 Å². The average Bonchev–Trinajstić information content (AvgIpc) is 2.79. The number of aryl methyl sites for hydroxylation is 2. The molecule has 0 radical (unpaired) electrons. The van der Waals surface area contributed by atoms with Gasteiger partial charge in [-0.3, -0.25) is 13.9 Å². The minimum absolute atomic E-state index is 0.0375. The van der Waals surface area contributed by atoms with Gasteiger partial charge in [-0.2, -0.15) is 4.98 Å². The number of nitrogens with zero attached hydrogens (tertiary/aromatic N) is 4. The molecule has 0 unspecified atom stereocenters. The molecule has 0 aliphatic rings. The fraction of sp³-hybridized carbons (Fsp3) is 0.615. The van der Waals surface area contributed by atoms with Gasteiger partial charge in [-0.25, -0.2) is 4.79 Å². The minimum Gasteiger partial charge on any atom is -0.395 e. The molecule has 0 saturated carbocycles. The lowest BCUT2D eigenvalue weighted by Crippen LogP contribution is -2.40. The largest absolute Gasteiger partial charge is 0.395 e. The number of hydrogen-bond donors (Lipinski definition) is 2. The zero-order valence-electron chi connectivity index (χ0n) is 12.6. The standard InChI is InChI=1S/C13H21N5O3/c1-4-7-18-10-9(11(20)17(5-2)13(18)21)16(3)12(15-10)14-6-8-19/h19H,4-8H2,1-3H3,(H,14,15). The fourth-order valence-corrected chi connectivity index (χ4v) is 2.39. The third kappa shape index (κ3) is 2.46. The quantitative estimate of drug-likeness (QED) is 0.765. The predicted octanol–water partition coefficient (Wildman–Crippen LogP) is -0.269.